The zero-order valence-corrected chi connectivity index (χ0v) is 13.2. The molecule has 1 N–H and O–H groups in total. The highest BCUT2D eigenvalue weighted by molar-refractivity contribution is 9.10. The summed E-state index contributed by atoms with van der Waals surface area (Å²) < 4.78 is 12.0. The van der Waals surface area contributed by atoms with Crippen LogP contribution in [0.2, 0.25) is 0 Å². The number of hydrogen-bond donors (Lipinski definition) is 1. The van der Waals surface area contributed by atoms with E-state index in [-0.39, 0.29) is 0 Å². The lowest BCUT2D eigenvalue weighted by Crippen LogP contribution is -2.16. The highest BCUT2D eigenvalue weighted by Gasteiger charge is 2.19. The Morgan fingerprint density at radius 3 is 2.95 bits per heavy atom. The van der Waals surface area contributed by atoms with E-state index in [2.05, 4.69) is 32.8 Å². The summed E-state index contributed by atoms with van der Waals surface area (Å²) in [5.41, 5.74) is 2.13. The minimum absolute atomic E-state index is 0.498. The van der Waals surface area contributed by atoms with Crippen molar-refractivity contribution >= 4 is 27.3 Å². The average molecular weight is 355 g/mol. The molecule has 1 aromatic heterocycles. The normalized spacial score (nSPS) is 15.1. The standard InChI is InChI=1S/C15H15BrO3S/c16-12-7-11(8-14-15(12)19-5-4-18-14)13(17)2-1-10-3-6-20-9-10/h3,6-9,13,17H,1-2,4-5H2. The zero-order chi connectivity index (χ0) is 13.9. The highest BCUT2D eigenvalue weighted by Crippen LogP contribution is 2.40. The van der Waals surface area contributed by atoms with E-state index >= 15 is 0 Å². The lowest BCUT2D eigenvalue weighted by atomic mass is 10.0. The van der Waals surface area contributed by atoms with Gasteiger partial charge in [0.15, 0.2) is 11.5 Å². The minimum atomic E-state index is -0.498. The first-order valence-corrected chi connectivity index (χ1v) is 8.26. The lowest BCUT2D eigenvalue weighted by molar-refractivity contribution is 0.159. The van der Waals surface area contributed by atoms with Gasteiger partial charge in [0.25, 0.3) is 0 Å². The molecule has 3 rings (SSSR count). The zero-order valence-electron chi connectivity index (χ0n) is 10.8. The van der Waals surface area contributed by atoms with E-state index in [0.717, 1.165) is 22.2 Å². The van der Waals surface area contributed by atoms with Gasteiger partial charge in [-0.25, -0.2) is 0 Å². The number of thiophene rings is 1. The summed E-state index contributed by atoms with van der Waals surface area (Å²) in [7, 11) is 0. The van der Waals surface area contributed by atoms with Crippen LogP contribution in [-0.2, 0) is 6.42 Å². The van der Waals surface area contributed by atoms with Crippen LogP contribution in [0.4, 0.5) is 0 Å². The Bertz CT molecular complexity index is 583. The summed E-state index contributed by atoms with van der Waals surface area (Å²) in [5, 5.41) is 14.5. The number of halogens is 1. The molecular weight excluding hydrogens is 340 g/mol. The molecule has 0 bridgehead atoms. The second kappa shape index (κ2) is 6.16. The molecule has 1 aromatic carbocycles. The minimum Gasteiger partial charge on any atom is -0.486 e. The van der Waals surface area contributed by atoms with Crippen LogP contribution in [-0.4, -0.2) is 18.3 Å². The Morgan fingerprint density at radius 2 is 2.15 bits per heavy atom. The molecule has 1 unspecified atom stereocenters. The summed E-state index contributed by atoms with van der Waals surface area (Å²) >= 11 is 5.16. The van der Waals surface area contributed by atoms with Crippen molar-refractivity contribution in [3.63, 3.8) is 0 Å². The van der Waals surface area contributed by atoms with Gasteiger partial charge >= 0.3 is 0 Å². The molecule has 5 heteroatoms. The topological polar surface area (TPSA) is 38.7 Å². The smallest absolute Gasteiger partial charge is 0.175 e. The van der Waals surface area contributed by atoms with Gasteiger partial charge in [-0.05, 0) is 68.9 Å². The third-order valence-electron chi connectivity index (χ3n) is 3.29. The number of rotatable bonds is 4. The highest BCUT2D eigenvalue weighted by atomic mass is 79.9. The molecule has 2 heterocycles. The molecule has 1 aliphatic rings. The van der Waals surface area contributed by atoms with Crippen molar-refractivity contribution < 1.29 is 14.6 Å². The molecule has 0 saturated carbocycles. The van der Waals surface area contributed by atoms with Crippen molar-refractivity contribution in [2.75, 3.05) is 13.2 Å². The number of hydrogen-bond acceptors (Lipinski definition) is 4. The Balaban J connectivity index is 1.74. The molecule has 0 radical (unpaired) electrons. The van der Waals surface area contributed by atoms with Crippen molar-refractivity contribution in [1.29, 1.82) is 0 Å². The molecule has 0 saturated heterocycles. The molecule has 1 aliphatic heterocycles. The number of fused-ring (bicyclic) bond motifs is 1. The molecule has 106 valence electrons. The van der Waals surface area contributed by atoms with E-state index in [4.69, 9.17) is 9.47 Å². The van der Waals surface area contributed by atoms with Crippen LogP contribution in [0.5, 0.6) is 11.5 Å². The number of aliphatic hydroxyl groups is 1. The second-order valence-electron chi connectivity index (χ2n) is 4.71. The molecule has 0 aliphatic carbocycles. The monoisotopic (exact) mass is 354 g/mol. The van der Waals surface area contributed by atoms with Crippen LogP contribution in [0.15, 0.2) is 33.4 Å². The summed E-state index contributed by atoms with van der Waals surface area (Å²) in [4.78, 5) is 0. The summed E-state index contributed by atoms with van der Waals surface area (Å²) in [6.45, 7) is 1.11. The summed E-state index contributed by atoms with van der Waals surface area (Å²) in [6, 6.07) is 5.88. The molecule has 0 spiro atoms. The first-order valence-electron chi connectivity index (χ1n) is 6.52. The fourth-order valence-electron chi connectivity index (χ4n) is 2.23. The quantitative estimate of drug-likeness (QED) is 0.903. The van der Waals surface area contributed by atoms with Crippen LogP contribution < -0.4 is 9.47 Å². The van der Waals surface area contributed by atoms with Gasteiger partial charge in [-0.2, -0.15) is 11.3 Å². The molecule has 3 nitrogen and oxygen atoms in total. The van der Waals surface area contributed by atoms with Gasteiger partial charge < -0.3 is 14.6 Å². The van der Waals surface area contributed by atoms with E-state index in [1.807, 2.05) is 12.1 Å². The third kappa shape index (κ3) is 3.00. The van der Waals surface area contributed by atoms with Crippen molar-refractivity contribution in [2.45, 2.75) is 18.9 Å². The maximum Gasteiger partial charge on any atom is 0.175 e. The number of ether oxygens (including phenoxy) is 2. The van der Waals surface area contributed by atoms with Crippen molar-refractivity contribution in [3.8, 4) is 11.5 Å². The SMILES string of the molecule is OC(CCc1ccsc1)c1cc(Br)c2c(c1)OCCO2. The average Bonchev–Trinajstić information content (AvgIpc) is 2.98. The number of aliphatic hydroxyl groups excluding tert-OH is 1. The molecule has 0 amide bonds. The van der Waals surface area contributed by atoms with Gasteiger partial charge in [-0.15, -0.1) is 0 Å². The van der Waals surface area contributed by atoms with Gasteiger partial charge in [0, 0.05) is 0 Å². The van der Waals surface area contributed by atoms with E-state index in [1.54, 1.807) is 11.3 Å². The van der Waals surface area contributed by atoms with Crippen LogP contribution in [0.25, 0.3) is 0 Å². The fraction of sp³-hybridized carbons (Fsp3) is 0.333. The van der Waals surface area contributed by atoms with Crippen LogP contribution in [0.1, 0.15) is 23.7 Å². The van der Waals surface area contributed by atoms with Gasteiger partial charge in [-0.1, -0.05) is 0 Å². The third-order valence-corrected chi connectivity index (χ3v) is 4.61. The van der Waals surface area contributed by atoms with Crippen molar-refractivity contribution in [3.05, 3.63) is 44.6 Å². The Kier molecular flexibility index (Phi) is 4.29. The van der Waals surface area contributed by atoms with Gasteiger partial charge in [0.2, 0.25) is 0 Å². The predicted octanol–water partition coefficient (Wildman–Crippen LogP) is 3.95. The summed E-state index contributed by atoms with van der Waals surface area (Å²) in [5.74, 6) is 1.43. The van der Waals surface area contributed by atoms with Crippen LogP contribution in [0.3, 0.4) is 0 Å². The first-order chi connectivity index (χ1) is 9.74. The molecule has 1 atom stereocenters. The Hall–Kier alpha value is -1.04. The second-order valence-corrected chi connectivity index (χ2v) is 6.35. The maximum atomic E-state index is 10.3. The lowest BCUT2D eigenvalue weighted by Gasteiger charge is -2.21. The van der Waals surface area contributed by atoms with Crippen LogP contribution in [0, 0.1) is 0 Å². The van der Waals surface area contributed by atoms with E-state index in [1.165, 1.54) is 5.56 Å². The molecule has 2 aromatic rings. The van der Waals surface area contributed by atoms with Gasteiger partial charge in [-0.3, -0.25) is 0 Å². The van der Waals surface area contributed by atoms with Crippen LogP contribution >= 0.6 is 27.3 Å². The maximum absolute atomic E-state index is 10.3. The largest absolute Gasteiger partial charge is 0.486 e. The summed E-state index contributed by atoms with van der Waals surface area (Å²) in [6.07, 6.45) is 1.07. The molecule has 20 heavy (non-hydrogen) atoms. The number of aryl methyl sites for hydroxylation is 1. The first kappa shape index (κ1) is 13.9. The van der Waals surface area contributed by atoms with E-state index in [9.17, 15) is 5.11 Å². The van der Waals surface area contributed by atoms with E-state index in [0.29, 0.717) is 25.4 Å². The molecule has 0 fully saturated rings. The van der Waals surface area contributed by atoms with Gasteiger partial charge in [0.1, 0.15) is 13.2 Å². The van der Waals surface area contributed by atoms with Crippen molar-refractivity contribution in [1.82, 2.24) is 0 Å². The van der Waals surface area contributed by atoms with Crippen molar-refractivity contribution in [2.24, 2.45) is 0 Å². The van der Waals surface area contributed by atoms with Gasteiger partial charge in [0.05, 0.1) is 10.6 Å². The fourth-order valence-corrected chi connectivity index (χ4v) is 3.51. The Labute approximate surface area is 130 Å². The number of benzene rings is 1. The predicted molar refractivity (Wildman–Crippen MR) is 82.7 cm³/mol. The molecular formula is C15H15BrO3S. The Morgan fingerprint density at radius 1 is 1.30 bits per heavy atom. The van der Waals surface area contributed by atoms with E-state index < -0.39 is 6.10 Å².